The van der Waals surface area contributed by atoms with Crippen molar-refractivity contribution in [1.82, 2.24) is 0 Å². The maximum absolute atomic E-state index is 10.8. The Balaban J connectivity index is -0.000000280. The monoisotopic (exact) mass is 2840 g/mol. The SMILES string of the molecule is C=CCCCO[C@@H]1OC(CO)[C@H](O[C@@H]2OC(CO)[C@H](O[C@@H]3OC(CO)[C@H](O)[C@H](O)C3O)[C@H](O)C2O)[C@H](O)C1O.[Ac].[Ac].[Ac].[Ac].[Ac].[Ac].[Ac].[Ac].[Ac].[Ac]. The van der Waals surface area contributed by atoms with Crippen molar-refractivity contribution < 1.29 is 520 Å². The summed E-state index contributed by atoms with van der Waals surface area (Å²) in [6, 6.07) is 0. The molecule has 258 valence electrons. The molecule has 6 unspecified atom stereocenters. The normalized spacial score (nSPS) is 37.6. The maximum Gasteiger partial charge on any atom is 0.187 e. The minimum Gasteiger partial charge on any atom is -0.394 e. The molecule has 0 amide bonds. The molecular weight excluding hydrogens is 2800 g/mol. The number of hydrogen-bond acceptors (Lipinski definition) is 16. The van der Waals surface area contributed by atoms with Crippen LogP contribution in [0.5, 0.6) is 0 Å². The molecule has 15 atom stereocenters. The number of allylic oxidation sites excluding steroid dienone is 1. The molecule has 3 rings (SSSR count). The summed E-state index contributed by atoms with van der Waals surface area (Å²) >= 11 is 0. The third-order valence-corrected chi connectivity index (χ3v) is 6.91. The Hall–Kier alpha value is 13.5. The van der Waals surface area contributed by atoms with Crippen LogP contribution in [0, 0.1) is 441 Å². The van der Waals surface area contributed by atoms with Crippen LogP contribution in [0.25, 0.3) is 0 Å². The van der Waals surface area contributed by atoms with Crippen LogP contribution >= 0.6 is 0 Å². The minimum absolute atomic E-state index is 0. The van der Waals surface area contributed by atoms with Crippen LogP contribution in [0.4, 0.5) is 0 Å². The van der Waals surface area contributed by atoms with Crippen molar-refractivity contribution in [2.24, 2.45) is 0 Å². The van der Waals surface area contributed by atoms with Gasteiger partial charge in [-0.05, 0) is 12.8 Å². The first-order valence-corrected chi connectivity index (χ1v) is 12.7. The molecule has 0 bridgehead atoms. The largest absolute Gasteiger partial charge is 0.394 e. The first-order valence-electron chi connectivity index (χ1n) is 12.7. The summed E-state index contributed by atoms with van der Waals surface area (Å²) in [6.07, 6.45) is -21.1. The van der Waals surface area contributed by atoms with Gasteiger partial charge in [-0.2, -0.15) is 0 Å². The molecule has 10 N–H and O–H groups in total. The Morgan fingerprint density at radius 3 is 1.20 bits per heavy atom. The van der Waals surface area contributed by atoms with Gasteiger partial charge in [0.25, 0.3) is 0 Å². The Bertz CT molecular complexity index is 775. The van der Waals surface area contributed by atoms with Crippen molar-refractivity contribution in [3.63, 3.8) is 0 Å². The van der Waals surface area contributed by atoms with Gasteiger partial charge >= 0.3 is 0 Å². The quantitative estimate of drug-likeness (QED) is 0.0646. The molecule has 0 saturated carbocycles. The molecule has 26 heteroatoms. The van der Waals surface area contributed by atoms with Gasteiger partial charge < -0.3 is 79.5 Å². The molecule has 3 aliphatic heterocycles. The van der Waals surface area contributed by atoms with Crippen molar-refractivity contribution in [2.45, 2.75) is 105 Å². The minimum atomic E-state index is -1.89. The predicted molar refractivity (Wildman–Crippen MR) is 124 cm³/mol. The van der Waals surface area contributed by atoms with Gasteiger partial charge in [-0.3, -0.25) is 0 Å². The standard InChI is InChI=1S/C23H40O16.10Ac/c1-2-3-4-5-34-21-17(32)14(29)19(10(7-25)36-21)39-23-18(33)15(30)20(11(8-26)37-23)38-22-16(31)13(28)12(27)9(6-24)35-22;;;;;;;;;;/h2,9-33H,1,3-8H2;;;;;;;;;;/t9?,10?,11?,12-,13-,14+,15+,16?,17?,18?,19-,20-,21+,22-,23-;;;;;;;;;;/m0........../s1. The van der Waals surface area contributed by atoms with Gasteiger partial charge in [-0.1, -0.05) is 6.08 Å². The van der Waals surface area contributed by atoms with Gasteiger partial charge in [0.2, 0.25) is 0 Å². The molecule has 3 fully saturated rings. The Morgan fingerprint density at radius 2 is 0.816 bits per heavy atom. The second-order valence-electron chi connectivity index (χ2n) is 9.61. The molecule has 16 nitrogen and oxygen atoms in total. The maximum atomic E-state index is 10.8. The van der Waals surface area contributed by atoms with Crippen molar-refractivity contribution in [3.8, 4) is 0 Å². The number of aliphatic hydroxyl groups is 10. The summed E-state index contributed by atoms with van der Waals surface area (Å²) < 4.78 is 32.8. The first-order chi connectivity index (χ1) is 18.6. The Morgan fingerprint density at radius 1 is 0.469 bits per heavy atom. The van der Waals surface area contributed by atoms with Gasteiger partial charge in [-0.25, -0.2) is 0 Å². The summed E-state index contributed by atoms with van der Waals surface area (Å²) in [6.45, 7) is 1.54. The zero-order valence-corrected chi connectivity index (χ0v) is 74.3. The molecule has 10 radical (unpaired) electrons. The molecule has 0 aromatic rings. The van der Waals surface area contributed by atoms with E-state index in [0.717, 1.165) is 0 Å². The summed E-state index contributed by atoms with van der Waals surface area (Å²) in [5, 5.41) is 102. The van der Waals surface area contributed by atoms with Crippen LogP contribution in [0.2, 0.25) is 0 Å². The van der Waals surface area contributed by atoms with Crippen LogP contribution in [-0.4, -0.2) is 170 Å². The number of ether oxygens (including phenoxy) is 6. The summed E-state index contributed by atoms with van der Waals surface area (Å²) in [7, 11) is 0. The summed E-state index contributed by atoms with van der Waals surface area (Å²) in [5.41, 5.74) is 0. The van der Waals surface area contributed by atoms with E-state index in [1.807, 2.05) is 0 Å². The predicted octanol–water partition coefficient (Wildman–Crippen LogP) is -5.58. The molecule has 0 aromatic carbocycles. The van der Waals surface area contributed by atoms with E-state index in [4.69, 9.17) is 28.4 Å². The van der Waals surface area contributed by atoms with Gasteiger partial charge in [-0.15, -0.1) is 6.58 Å². The van der Waals surface area contributed by atoms with Crippen molar-refractivity contribution >= 4 is 0 Å². The van der Waals surface area contributed by atoms with Crippen LogP contribution < -0.4 is 0 Å². The molecule has 0 aromatic heterocycles. The van der Waals surface area contributed by atoms with Gasteiger partial charge in [0, 0.05) is 441 Å². The van der Waals surface area contributed by atoms with E-state index in [1.165, 1.54) is 0 Å². The fourth-order valence-electron chi connectivity index (χ4n) is 4.61. The summed E-state index contributed by atoms with van der Waals surface area (Å²) in [4.78, 5) is 0. The van der Waals surface area contributed by atoms with Gasteiger partial charge in [0.05, 0.1) is 26.4 Å². The molecule has 49 heavy (non-hydrogen) atoms. The Labute approximate surface area is 644 Å². The van der Waals surface area contributed by atoms with E-state index < -0.39 is 112 Å². The average Bonchev–Trinajstić information content (AvgIpc) is 2.93. The third kappa shape index (κ3) is 24.9. The zero-order valence-electron chi connectivity index (χ0n) is 26.9. The average molecular weight is 2840 g/mol. The van der Waals surface area contributed by atoms with E-state index in [0.29, 0.717) is 12.8 Å². The topological polar surface area (TPSA) is 258 Å². The van der Waals surface area contributed by atoms with Crippen LogP contribution in [0.1, 0.15) is 12.8 Å². The van der Waals surface area contributed by atoms with E-state index in [9.17, 15) is 51.1 Å². The zero-order chi connectivity index (χ0) is 28.9. The van der Waals surface area contributed by atoms with Crippen molar-refractivity contribution in [2.75, 3.05) is 26.4 Å². The molecule has 0 aliphatic carbocycles. The second-order valence-corrected chi connectivity index (χ2v) is 9.61. The molecule has 3 saturated heterocycles. The number of hydrogen-bond donors (Lipinski definition) is 10. The molecule has 0 spiro atoms. The third-order valence-electron chi connectivity index (χ3n) is 6.91. The number of aliphatic hydroxyl groups excluding tert-OH is 10. The van der Waals surface area contributed by atoms with Crippen LogP contribution in [0.15, 0.2) is 12.7 Å². The number of rotatable bonds is 12. The summed E-state index contributed by atoms with van der Waals surface area (Å²) in [5.74, 6) is 0. The van der Waals surface area contributed by atoms with Gasteiger partial charge in [0.1, 0.15) is 73.2 Å². The van der Waals surface area contributed by atoms with E-state index in [-0.39, 0.29) is 447 Å². The van der Waals surface area contributed by atoms with Crippen molar-refractivity contribution in [3.05, 3.63) is 12.7 Å². The van der Waals surface area contributed by atoms with Crippen LogP contribution in [0.3, 0.4) is 0 Å². The molecule has 3 aliphatic rings. The first kappa shape index (κ1) is 79.6. The molecule has 3 heterocycles. The van der Waals surface area contributed by atoms with Gasteiger partial charge in [0.15, 0.2) is 18.9 Å². The number of unbranched alkanes of at least 4 members (excludes halogenated alkanes) is 1. The van der Waals surface area contributed by atoms with E-state index in [1.54, 1.807) is 6.08 Å². The molecular formula is C23H40Ac10O16. The fraction of sp³-hybridized carbons (Fsp3) is 0.913. The van der Waals surface area contributed by atoms with Crippen LogP contribution in [-0.2, 0) is 28.4 Å². The van der Waals surface area contributed by atoms with E-state index in [2.05, 4.69) is 6.58 Å². The smallest absolute Gasteiger partial charge is 0.187 e. The Kier molecular flexibility index (Phi) is 71.6. The van der Waals surface area contributed by atoms with Crippen molar-refractivity contribution in [1.29, 1.82) is 0 Å². The fourth-order valence-corrected chi connectivity index (χ4v) is 4.61. The van der Waals surface area contributed by atoms with E-state index >= 15 is 0 Å². The second kappa shape index (κ2) is 44.0.